The normalized spacial score (nSPS) is 16.9. The van der Waals surface area contributed by atoms with Gasteiger partial charge in [0.05, 0.1) is 12.8 Å². The van der Waals surface area contributed by atoms with Gasteiger partial charge in [-0.25, -0.2) is 0 Å². The molecule has 0 amide bonds. The number of ether oxygens (including phenoxy) is 1. The molecule has 30 heavy (non-hydrogen) atoms. The summed E-state index contributed by atoms with van der Waals surface area (Å²) < 4.78 is 5.57. The van der Waals surface area contributed by atoms with Crippen LogP contribution in [0, 0.1) is 0 Å². The SMILES string of the molecule is CCC(NCc1ccccc1OC)(NC1CCCCCCC1)c1ccccc1.Cl.Cl. The molecule has 5 heteroatoms. The molecule has 0 saturated heterocycles. The average molecular weight is 453 g/mol. The summed E-state index contributed by atoms with van der Waals surface area (Å²) in [6.07, 6.45) is 10.3. The Balaban J connectivity index is 0.00000225. The van der Waals surface area contributed by atoms with Crippen LogP contribution in [0.5, 0.6) is 5.75 Å². The molecule has 2 aromatic rings. The average Bonchev–Trinajstić information content (AvgIpc) is 2.73. The van der Waals surface area contributed by atoms with E-state index in [4.69, 9.17) is 4.74 Å². The maximum absolute atomic E-state index is 5.57. The maximum Gasteiger partial charge on any atom is 0.123 e. The Bertz CT molecular complexity index is 705. The van der Waals surface area contributed by atoms with Crippen molar-refractivity contribution in [1.82, 2.24) is 10.6 Å². The molecular weight excluding hydrogens is 415 g/mol. The van der Waals surface area contributed by atoms with Crippen molar-refractivity contribution in [1.29, 1.82) is 0 Å². The number of para-hydroxylation sites is 1. The van der Waals surface area contributed by atoms with Crippen LogP contribution in [-0.4, -0.2) is 13.2 Å². The highest BCUT2D eigenvalue weighted by Crippen LogP contribution is 2.28. The first-order valence-corrected chi connectivity index (χ1v) is 11.0. The zero-order chi connectivity index (χ0) is 19.7. The highest BCUT2D eigenvalue weighted by atomic mass is 35.5. The number of nitrogens with one attached hydrogen (secondary N) is 2. The van der Waals surface area contributed by atoms with Crippen molar-refractivity contribution < 1.29 is 4.74 Å². The van der Waals surface area contributed by atoms with Gasteiger partial charge in [0.2, 0.25) is 0 Å². The molecule has 0 aromatic heterocycles. The van der Waals surface area contributed by atoms with Gasteiger partial charge in [0.25, 0.3) is 0 Å². The van der Waals surface area contributed by atoms with Gasteiger partial charge in [0.15, 0.2) is 0 Å². The van der Waals surface area contributed by atoms with Crippen LogP contribution >= 0.6 is 24.8 Å². The van der Waals surface area contributed by atoms with E-state index in [1.54, 1.807) is 7.11 Å². The quantitative estimate of drug-likeness (QED) is 0.442. The first-order valence-electron chi connectivity index (χ1n) is 11.0. The van der Waals surface area contributed by atoms with E-state index in [0.717, 1.165) is 18.7 Å². The van der Waals surface area contributed by atoms with E-state index in [9.17, 15) is 0 Å². The van der Waals surface area contributed by atoms with Crippen molar-refractivity contribution in [2.45, 2.75) is 76.5 Å². The molecule has 1 aliphatic carbocycles. The largest absolute Gasteiger partial charge is 0.496 e. The molecule has 0 bridgehead atoms. The molecule has 3 rings (SSSR count). The number of methoxy groups -OCH3 is 1. The number of halogens is 2. The van der Waals surface area contributed by atoms with Gasteiger partial charge < -0.3 is 4.74 Å². The maximum atomic E-state index is 5.57. The molecule has 1 fully saturated rings. The molecule has 1 unspecified atom stereocenters. The number of benzene rings is 2. The lowest BCUT2D eigenvalue weighted by molar-refractivity contribution is 0.197. The third-order valence-electron chi connectivity index (χ3n) is 6.13. The Morgan fingerprint density at radius 2 is 1.47 bits per heavy atom. The molecule has 2 N–H and O–H groups in total. The van der Waals surface area contributed by atoms with Crippen molar-refractivity contribution in [3.05, 3.63) is 65.7 Å². The summed E-state index contributed by atoms with van der Waals surface area (Å²) in [5.74, 6) is 0.944. The van der Waals surface area contributed by atoms with Crippen molar-refractivity contribution in [2.75, 3.05) is 7.11 Å². The first-order chi connectivity index (χ1) is 13.8. The molecule has 0 spiro atoms. The predicted octanol–water partition coefficient (Wildman–Crippen LogP) is 6.59. The minimum absolute atomic E-state index is 0. The zero-order valence-corrected chi connectivity index (χ0v) is 20.0. The lowest BCUT2D eigenvalue weighted by Gasteiger charge is -2.40. The van der Waals surface area contributed by atoms with E-state index in [-0.39, 0.29) is 30.5 Å². The Morgan fingerprint density at radius 1 is 0.867 bits per heavy atom. The van der Waals surface area contributed by atoms with Gasteiger partial charge in [0, 0.05) is 18.2 Å². The van der Waals surface area contributed by atoms with E-state index in [2.05, 4.69) is 60.0 Å². The van der Waals surface area contributed by atoms with Crippen LogP contribution in [0.25, 0.3) is 0 Å². The van der Waals surface area contributed by atoms with Crippen molar-refractivity contribution in [2.24, 2.45) is 0 Å². The molecule has 1 atom stereocenters. The lowest BCUT2D eigenvalue weighted by atomic mass is 9.91. The fraction of sp³-hybridized carbons (Fsp3) is 0.520. The highest BCUT2D eigenvalue weighted by Gasteiger charge is 2.32. The number of hydrogen-bond donors (Lipinski definition) is 2. The summed E-state index contributed by atoms with van der Waals surface area (Å²) in [6, 6.07) is 19.7. The van der Waals surface area contributed by atoms with E-state index in [1.165, 1.54) is 56.1 Å². The van der Waals surface area contributed by atoms with Gasteiger partial charge in [0.1, 0.15) is 5.75 Å². The third kappa shape index (κ3) is 7.16. The summed E-state index contributed by atoms with van der Waals surface area (Å²) in [5, 5.41) is 7.94. The molecule has 1 saturated carbocycles. The summed E-state index contributed by atoms with van der Waals surface area (Å²) >= 11 is 0. The standard InChI is InChI=1S/C25H36N2O.2ClH/c1-3-25(22-15-8-7-9-16-22,27-23-17-10-5-4-6-11-18-23)26-20-21-14-12-13-19-24(21)28-2;;/h7-9,12-16,19,23,26-27H,3-6,10-11,17-18,20H2,1-2H3;2*1H. The van der Waals surface area contributed by atoms with E-state index in [0.29, 0.717) is 6.04 Å². The number of rotatable bonds is 8. The van der Waals surface area contributed by atoms with Gasteiger partial charge in [-0.1, -0.05) is 87.6 Å². The predicted molar refractivity (Wildman–Crippen MR) is 132 cm³/mol. The fourth-order valence-electron chi connectivity index (χ4n) is 4.43. The molecule has 168 valence electrons. The Kier molecular flexibility index (Phi) is 12.4. The monoisotopic (exact) mass is 452 g/mol. The van der Waals surface area contributed by atoms with Crippen LogP contribution in [0.4, 0.5) is 0 Å². The second-order valence-corrected chi connectivity index (χ2v) is 7.98. The van der Waals surface area contributed by atoms with Crippen LogP contribution in [0.2, 0.25) is 0 Å². The summed E-state index contributed by atoms with van der Waals surface area (Å²) in [4.78, 5) is 0. The fourth-order valence-corrected chi connectivity index (χ4v) is 4.43. The Hall–Kier alpha value is -1.26. The van der Waals surface area contributed by atoms with Gasteiger partial charge >= 0.3 is 0 Å². The van der Waals surface area contributed by atoms with Crippen LogP contribution in [0.1, 0.15) is 69.4 Å². The molecule has 0 aliphatic heterocycles. The summed E-state index contributed by atoms with van der Waals surface area (Å²) in [6.45, 7) is 3.05. The summed E-state index contributed by atoms with van der Waals surface area (Å²) in [5.41, 5.74) is 2.28. The van der Waals surface area contributed by atoms with Gasteiger partial charge in [-0.15, -0.1) is 24.8 Å². The minimum Gasteiger partial charge on any atom is -0.496 e. The van der Waals surface area contributed by atoms with Crippen LogP contribution in [-0.2, 0) is 12.2 Å². The van der Waals surface area contributed by atoms with Gasteiger partial charge in [-0.05, 0) is 30.9 Å². The van der Waals surface area contributed by atoms with Crippen LogP contribution in [0.3, 0.4) is 0 Å². The lowest BCUT2D eigenvalue weighted by Crippen LogP contribution is -2.57. The Morgan fingerprint density at radius 3 is 2.10 bits per heavy atom. The van der Waals surface area contributed by atoms with Crippen molar-refractivity contribution >= 4 is 24.8 Å². The van der Waals surface area contributed by atoms with Crippen molar-refractivity contribution in [3.63, 3.8) is 0 Å². The second-order valence-electron chi connectivity index (χ2n) is 7.98. The van der Waals surface area contributed by atoms with Gasteiger partial charge in [-0.2, -0.15) is 0 Å². The Labute approximate surface area is 195 Å². The van der Waals surface area contributed by atoms with E-state index in [1.807, 2.05) is 12.1 Å². The summed E-state index contributed by atoms with van der Waals surface area (Å²) in [7, 11) is 1.75. The second kappa shape index (κ2) is 13.9. The smallest absolute Gasteiger partial charge is 0.123 e. The first kappa shape index (κ1) is 26.8. The van der Waals surface area contributed by atoms with Crippen molar-refractivity contribution in [3.8, 4) is 5.75 Å². The molecule has 0 heterocycles. The van der Waals surface area contributed by atoms with E-state index >= 15 is 0 Å². The third-order valence-corrected chi connectivity index (χ3v) is 6.13. The molecule has 2 aromatic carbocycles. The van der Waals surface area contributed by atoms with Crippen LogP contribution < -0.4 is 15.4 Å². The number of hydrogen-bond acceptors (Lipinski definition) is 3. The molecule has 3 nitrogen and oxygen atoms in total. The molecular formula is C25H38Cl2N2O. The van der Waals surface area contributed by atoms with E-state index < -0.39 is 0 Å². The van der Waals surface area contributed by atoms with Gasteiger partial charge in [-0.3, -0.25) is 10.6 Å². The topological polar surface area (TPSA) is 33.3 Å². The van der Waals surface area contributed by atoms with Crippen LogP contribution in [0.15, 0.2) is 54.6 Å². The molecule has 0 radical (unpaired) electrons. The highest BCUT2D eigenvalue weighted by molar-refractivity contribution is 5.85. The molecule has 1 aliphatic rings. The minimum atomic E-state index is -0.230. The zero-order valence-electron chi connectivity index (χ0n) is 18.4.